The van der Waals surface area contributed by atoms with Gasteiger partial charge in [-0.05, 0) is 13.0 Å². The van der Waals surface area contributed by atoms with Crippen LogP contribution >= 0.6 is 0 Å². The second-order valence-corrected chi connectivity index (χ2v) is 4.14. The predicted molar refractivity (Wildman–Crippen MR) is 66.9 cm³/mol. The Balaban J connectivity index is 2.37. The Hall–Kier alpha value is -2.90. The van der Waals surface area contributed by atoms with Gasteiger partial charge in [0.25, 0.3) is 11.2 Å². The first kappa shape index (κ1) is 13.5. The van der Waals surface area contributed by atoms with Crippen molar-refractivity contribution in [3.05, 3.63) is 61.9 Å². The molecule has 8 nitrogen and oxygen atoms in total. The van der Waals surface area contributed by atoms with Crippen LogP contribution in [0.3, 0.4) is 0 Å². The Morgan fingerprint density at radius 2 is 2.20 bits per heavy atom. The Bertz CT molecular complexity index is 743. The number of hydrogen-bond donors (Lipinski definition) is 1. The topological polar surface area (TPSA) is 116 Å². The number of carboxylic acids is 1. The molecule has 0 amide bonds. The summed E-state index contributed by atoms with van der Waals surface area (Å²) in [6.45, 7) is 1.49. The van der Waals surface area contributed by atoms with Gasteiger partial charge in [0.1, 0.15) is 5.76 Å². The van der Waals surface area contributed by atoms with Crippen LogP contribution in [0.2, 0.25) is 0 Å². The smallest absolute Gasteiger partial charge is 0.372 e. The lowest BCUT2D eigenvalue weighted by atomic mass is 10.2. The summed E-state index contributed by atoms with van der Waals surface area (Å²) in [5, 5.41) is 19.5. The highest BCUT2D eigenvalue weighted by atomic mass is 16.6. The second-order valence-electron chi connectivity index (χ2n) is 4.14. The van der Waals surface area contributed by atoms with Gasteiger partial charge in [0, 0.05) is 17.7 Å². The van der Waals surface area contributed by atoms with E-state index >= 15 is 0 Å². The number of rotatable bonds is 4. The lowest BCUT2D eigenvalue weighted by Crippen LogP contribution is -2.19. The molecular formula is C12H10N2O6. The first-order chi connectivity index (χ1) is 9.38. The van der Waals surface area contributed by atoms with Gasteiger partial charge < -0.3 is 14.1 Å². The van der Waals surface area contributed by atoms with Crippen LogP contribution in [0.15, 0.2) is 33.6 Å². The van der Waals surface area contributed by atoms with Crippen molar-refractivity contribution in [1.29, 1.82) is 0 Å². The van der Waals surface area contributed by atoms with E-state index in [2.05, 4.69) is 0 Å². The lowest BCUT2D eigenvalue weighted by molar-refractivity contribution is -0.385. The quantitative estimate of drug-likeness (QED) is 0.667. The number of furan rings is 1. The van der Waals surface area contributed by atoms with Crippen molar-refractivity contribution in [2.24, 2.45) is 0 Å². The van der Waals surface area contributed by atoms with E-state index in [0.29, 0.717) is 5.56 Å². The van der Waals surface area contributed by atoms with Gasteiger partial charge in [-0.15, -0.1) is 0 Å². The van der Waals surface area contributed by atoms with Crippen LogP contribution in [0.4, 0.5) is 5.69 Å². The third-order valence-corrected chi connectivity index (χ3v) is 2.67. The Labute approximate surface area is 112 Å². The molecule has 0 unspecified atom stereocenters. The van der Waals surface area contributed by atoms with Gasteiger partial charge in [-0.25, -0.2) is 4.79 Å². The van der Waals surface area contributed by atoms with E-state index in [1.165, 1.54) is 6.07 Å². The number of aryl methyl sites for hydroxylation is 1. The molecule has 104 valence electrons. The number of pyridine rings is 1. The summed E-state index contributed by atoms with van der Waals surface area (Å²) in [6, 6.07) is 3.66. The molecule has 0 aliphatic heterocycles. The van der Waals surface area contributed by atoms with Crippen molar-refractivity contribution < 1.29 is 19.2 Å². The third kappa shape index (κ3) is 2.58. The number of hydrogen-bond acceptors (Lipinski definition) is 5. The highest BCUT2D eigenvalue weighted by molar-refractivity contribution is 5.86. The van der Waals surface area contributed by atoms with E-state index in [1.54, 1.807) is 6.92 Å². The third-order valence-electron chi connectivity index (χ3n) is 2.67. The van der Waals surface area contributed by atoms with Crippen LogP contribution in [0.1, 0.15) is 21.9 Å². The highest BCUT2D eigenvalue weighted by Gasteiger charge is 2.15. The summed E-state index contributed by atoms with van der Waals surface area (Å²) < 4.78 is 6.19. The second kappa shape index (κ2) is 5.00. The van der Waals surface area contributed by atoms with Crippen LogP contribution < -0.4 is 5.56 Å². The van der Waals surface area contributed by atoms with Gasteiger partial charge >= 0.3 is 5.97 Å². The first-order valence-electron chi connectivity index (χ1n) is 5.56. The maximum Gasteiger partial charge on any atom is 0.372 e. The zero-order chi connectivity index (χ0) is 14.9. The molecule has 0 aliphatic rings. The number of nitro groups is 1. The largest absolute Gasteiger partial charge is 0.475 e. The standard InChI is InChI=1S/C12H10N2O6/c1-7-4-9(20-11(7)12(16)17)6-13-5-8(14(18)19)2-3-10(13)15/h2-5H,6H2,1H3,(H,16,17). The van der Waals surface area contributed by atoms with Crippen LogP contribution in [-0.2, 0) is 6.54 Å². The van der Waals surface area contributed by atoms with Crippen LogP contribution in [-0.4, -0.2) is 20.6 Å². The summed E-state index contributed by atoms with van der Waals surface area (Å²) in [5.74, 6) is -1.18. The number of aromatic carboxylic acids is 1. The average molecular weight is 278 g/mol. The summed E-state index contributed by atoms with van der Waals surface area (Å²) in [6.07, 6.45) is 1.08. The zero-order valence-electron chi connectivity index (χ0n) is 10.4. The molecule has 8 heteroatoms. The minimum Gasteiger partial charge on any atom is -0.475 e. The van der Waals surface area contributed by atoms with E-state index < -0.39 is 16.5 Å². The first-order valence-corrected chi connectivity index (χ1v) is 5.56. The van der Waals surface area contributed by atoms with Crippen molar-refractivity contribution in [2.75, 3.05) is 0 Å². The van der Waals surface area contributed by atoms with Crippen molar-refractivity contribution in [1.82, 2.24) is 4.57 Å². The van der Waals surface area contributed by atoms with Crippen molar-refractivity contribution in [2.45, 2.75) is 13.5 Å². The molecule has 2 heterocycles. The highest BCUT2D eigenvalue weighted by Crippen LogP contribution is 2.16. The van der Waals surface area contributed by atoms with Crippen LogP contribution in [0.25, 0.3) is 0 Å². The number of aromatic nitrogens is 1. The van der Waals surface area contributed by atoms with E-state index in [-0.39, 0.29) is 23.8 Å². The molecule has 0 bridgehead atoms. The Morgan fingerprint density at radius 3 is 2.75 bits per heavy atom. The summed E-state index contributed by atoms with van der Waals surface area (Å²) >= 11 is 0. The molecule has 1 N–H and O–H groups in total. The van der Waals surface area contributed by atoms with Gasteiger partial charge in [0.15, 0.2) is 0 Å². The summed E-state index contributed by atoms with van der Waals surface area (Å²) in [7, 11) is 0. The normalized spacial score (nSPS) is 10.4. The van der Waals surface area contributed by atoms with Gasteiger partial charge in [0.05, 0.1) is 17.7 Å². The minimum atomic E-state index is -1.21. The Kier molecular flexibility index (Phi) is 3.38. The fourth-order valence-electron chi connectivity index (χ4n) is 1.76. The van der Waals surface area contributed by atoms with Crippen LogP contribution in [0, 0.1) is 17.0 Å². The average Bonchev–Trinajstić information content (AvgIpc) is 2.73. The van der Waals surface area contributed by atoms with E-state index in [9.17, 15) is 19.7 Å². The number of carboxylic acid groups (broad SMARTS) is 1. The van der Waals surface area contributed by atoms with Gasteiger partial charge in [-0.1, -0.05) is 0 Å². The molecular weight excluding hydrogens is 268 g/mol. The van der Waals surface area contributed by atoms with Crippen molar-refractivity contribution in [3.63, 3.8) is 0 Å². The zero-order valence-corrected chi connectivity index (χ0v) is 10.4. The SMILES string of the molecule is Cc1cc(Cn2cc([N+](=O)[O-])ccc2=O)oc1C(=O)O. The van der Waals surface area contributed by atoms with E-state index in [4.69, 9.17) is 9.52 Å². The maximum absolute atomic E-state index is 11.6. The van der Waals surface area contributed by atoms with E-state index in [0.717, 1.165) is 22.9 Å². The molecule has 0 aromatic carbocycles. The lowest BCUT2D eigenvalue weighted by Gasteiger charge is -2.02. The molecule has 0 fully saturated rings. The number of nitrogens with zero attached hydrogens (tertiary/aromatic N) is 2. The molecule has 0 atom stereocenters. The molecule has 2 aromatic rings. The van der Waals surface area contributed by atoms with Crippen LogP contribution in [0.5, 0.6) is 0 Å². The monoisotopic (exact) mass is 278 g/mol. The molecule has 2 aromatic heterocycles. The fourth-order valence-corrected chi connectivity index (χ4v) is 1.76. The molecule has 20 heavy (non-hydrogen) atoms. The van der Waals surface area contributed by atoms with Gasteiger partial charge in [-0.3, -0.25) is 14.9 Å². The maximum atomic E-state index is 11.6. The minimum absolute atomic E-state index is 0.0748. The van der Waals surface area contributed by atoms with Crippen molar-refractivity contribution >= 4 is 11.7 Å². The molecule has 0 saturated carbocycles. The summed E-state index contributed by atoms with van der Waals surface area (Å²) in [5.41, 5.74) is -0.251. The Morgan fingerprint density at radius 1 is 1.50 bits per heavy atom. The fraction of sp³-hybridized carbons (Fsp3) is 0.167. The molecule has 0 radical (unpaired) electrons. The van der Waals surface area contributed by atoms with Crippen molar-refractivity contribution in [3.8, 4) is 0 Å². The van der Waals surface area contributed by atoms with Gasteiger partial charge in [0.2, 0.25) is 5.76 Å². The number of carbonyl (C=O) groups is 1. The molecule has 0 spiro atoms. The predicted octanol–water partition coefficient (Wildman–Crippen LogP) is 1.40. The van der Waals surface area contributed by atoms with Gasteiger partial charge in [-0.2, -0.15) is 0 Å². The molecule has 0 aliphatic carbocycles. The molecule has 0 saturated heterocycles. The van der Waals surface area contributed by atoms with E-state index in [1.807, 2.05) is 0 Å². The molecule has 2 rings (SSSR count). The summed E-state index contributed by atoms with van der Waals surface area (Å²) in [4.78, 5) is 32.5.